The molecule has 0 aliphatic carbocycles. The largest absolute Gasteiger partial charge is 0.507 e. The maximum atomic E-state index is 10.6. The van der Waals surface area contributed by atoms with E-state index in [1.54, 1.807) is 0 Å². The van der Waals surface area contributed by atoms with Crippen LogP contribution >= 0.6 is 0 Å². The molecule has 1 rings (SSSR count). The normalized spacial score (nSPS) is 14.5. The van der Waals surface area contributed by atoms with Gasteiger partial charge in [-0.1, -0.05) is 41.5 Å². The number of phenols is 1. The third kappa shape index (κ3) is 3.48. The van der Waals surface area contributed by atoms with E-state index in [0.717, 1.165) is 16.7 Å². The maximum Gasteiger partial charge on any atom is 0.123 e. The summed E-state index contributed by atoms with van der Waals surface area (Å²) in [4.78, 5) is 0. The number of hydrazine groups is 1. The standard InChI is InChI=1S/C16H28N2O/c1-10(18-17)11-8-12(15(2,3)4)14(19)13(9-11)16(5,6)7/h8-10,18-19H,17H2,1-7H3/t10-/m1/s1. The molecule has 4 N–H and O–H groups in total. The fourth-order valence-corrected chi connectivity index (χ4v) is 2.15. The van der Waals surface area contributed by atoms with Crippen LogP contribution in [-0.2, 0) is 10.8 Å². The van der Waals surface area contributed by atoms with Crippen molar-refractivity contribution in [2.24, 2.45) is 5.84 Å². The van der Waals surface area contributed by atoms with Crippen LogP contribution in [0.25, 0.3) is 0 Å². The van der Waals surface area contributed by atoms with Gasteiger partial charge < -0.3 is 5.11 Å². The van der Waals surface area contributed by atoms with Gasteiger partial charge in [0.15, 0.2) is 0 Å². The molecular weight excluding hydrogens is 236 g/mol. The maximum absolute atomic E-state index is 10.6. The Morgan fingerprint density at radius 2 is 1.37 bits per heavy atom. The smallest absolute Gasteiger partial charge is 0.123 e. The predicted molar refractivity (Wildman–Crippen MR) is 81.2 cm³/mol. The first-order chi connectivity index (χ1) is 8.48. The summed E-state index contributed by atoms with van der Waals surface area (Å²) >= 11 is 0. The highest BCUT2D eigenvalue weighted by molar-refractivity contribution is 5.50. The number of hydrogen-bond acceptors (Lipinski definition) is 3. The number of rotatable bonds is 2. The molecule has 3 heteroatoms. The van der Waals surface area contributed by atoms with Gasteiger partial charge in [0.1, 0.15) is 5.75 Å². The van der Waals surface area contributed by atoms with Gasteiger partial charge >= 0.3 is 0 Å². The molecule has 0 spiro atoms. The Morgan fingerprint density at radius 3 is 1.63 bits per heavy atom. The molecule has 19 heavy (non-hydrogen) atoms. The Morgan fingerprint density at radius 1 is 1.00 bits per heavy atom. The SMILES string of the molecule is C[C@@H](NN)c1cc(C(C)(C)C)c(O)c(C(C)(C)C)c1. The lowest BCUT2D eigenvalue weighted by molar-refractivity contribution is 0.421. The van der Waals surface area contributed by atoms with Gasteiger partial charge in [0, 0.05) is 6.04 Å². The molecule has 3 nitrogen and oxygen atoms in total. The fraction of sp³-hybridized carbons (Fsp3) is 0.625. The van der Waals surface area contributed by atoms with Gasteiger partial charge in [-0.15, -0.1) is 0 Å². The third-order valence-corrected chi connectivity index (χ3v) is 3.50. The van der Waals surface area contributed by atoms with Crippen molar-refractivity contribution < 1.29 is 5.11 Å². The molecule has 1 atom stereocenters. The van der Waals surface area contributed by atoms with Gasteiger partial charge in [0.05, 0.1) is 0 Å². The molecule has 1 aromatic rings. The van der Waals surface area contributed by atoms with Crippen molar-refractivity contribution in [3.63, 3.8) is 0 Å². The zero-order valence-corrected chi connectivity index (χ0v) is 13.3. The van der Waals surface area contributed by atoms with Crippen LogP contribution in [0.3, 0.4) is 0 Å². The lowest BCUT2D eigenvalue weighted by Gasteiger charge is -2.29. The van der Waals surface area contributed by atoms with Gasteiger partial charge in [-0.25, -0.2) is 0 Å². The minimum atomic E-state index is -0.103. The highest BCUT2D eigenvalue weighted by Gasteiger charge is 2.27. The molecule has 0 bridgehead atoms. The average molecular weight is 264 g/mol. The number of nitrogens with two attached hydrogens (primary N) is 1. The Balaban J connectivity index is 3.57. The van der Waals surface area contributed by atoms with Crippen LogP contribution in [0.2, 0.25) is 0 Å². The van der Waals surface area contributed by atoms with Crippen molar-refractivity contribution in [1.82, 2.24) is 5.43 Å². The minimum absolute atomic E-state index is 0.0581. The molecule has 0 aromatic heterocycles. The second kappa shape index (κ2) is 5.14. The van der Waals surface area contributed by atoms with E-state index in [1.807, 2.05) is 6.92 Å². The van der Waals surface area contributed by atoms with Crippen molar-refractivity contribution in [3.8, 4) is 5.75 Å². The Hall–Kier alpha value is -1.06. The molecule has 1 aromatic carbocycles. The highest BCUT2D eigenvalue weighted by atomic mass is 16.3. The first-order valence-electron chi connectivity index (χ1n) is 6.82. The van der Waals surface area contributed by atoms with Crippen LogP contribution in [0.5, 0.6) is 5.75 Å². The molecule has 0 heterocycles. The van der Waals surface area contributed by atoms with Crippen LogP contribution in [0.15, 0.2) is 12.1 Å². The summed E-state index contributed by atoms with van der Waals surface area (Å²) in [6, 6.07) is 4.16. The van der Waals surface area contributed by atoms with Crippen LogP contribution in [-0.4, -0.2) is 5.11 Å². The van der Waals surface area contributed by atoms with Crippen molar-refractivity contribution in [2.45, 2.75) is 65.3 Å². The summed E-state index contributed by atoms with van der Waals surface area (Å²) in [5, 5.41) is 10.6. The van der Waals surface area contributed by atoms with Crippen LogP contribution in [0, 0.1) is 0 Å². The summed E-state index contributed by atoms with van der Waals surface area (Å²) in [6.45, 7) is 14.7. The third-order valence-electron chi connectivity index (χ3n) is 3.50. The van der Waals surface area contributed by atoms with Gasteiger partial charge in [-0.2, -0.15) is 0 Å². The van der Waals surface area contributed by atoms with Crippen molar-refractivity contribution in [2.75, 3.05) is 0 Å². The molecule has 0 aliphatic rings. The topological polar surface area (TPSA) is 58.3 Å². The molecule has 0 unspecified atom stereocenters. The highest BCUT2D eigenvalue weighted by Crippen LogP contribution is 2.40. The first kappa shape index (κ1) is 16.0. The monoisotopic (exact) mass is 264 g/mol. The fourth-order valence-electron chi connectivity index (χ4n) is 2.15. The van der Waals surface area contributed by atoms with E-state index in [-0.39, 0.29) is 16.9 Å². The quantitative estimate of drug-likeness (QED) is 0.566. The summed E-state index contributed by atoms with van der Waals surface area (Å²) in [7, 11) is 0. The Bertz CT molecular complexity index is 418. The Kier molecular flexibility index (Phi) is 4.33. The minimum Gasteiger partial charge on any atom is -0.507 e. The van der Waals surface area contributed by atoms with Gasteiger partial charge in [0.2, 0.25) is 0 Å². The van der Waals surface area contributed by atoms with Gasteiger partial charge in [-0.3, -0.25) is 11.3 Å². The number of nitrogens with one attached hydrogen (secondary N) is 1. The second-order valence-corrected chi connectivity index (χ2v) is 7.35. The van der Waals surface area contributed by atoms with E-state index in [2.05, 4.69) is 59.1 Å². The summed E-state index contributed by atoms with van der Waals surface area (Å²) < 4.78 is 0. The molecule has 0 saturated heterocycles. The second-order valence-electron chi connectivity index (χ2n) is 7.35. The predicted octanol–water partition coefficient (Wildman–Crippen LogP) is 3.51. The zero-order chi connectivity index (χ0) is 15.0. The van der Waals surface area contributed by atoms with E-state index in [1.165, 1.54) is 0 Å². The Labute approximate surface area is 117 Å². The molecule has 0 amide bonds. The number of benzene rings is 1. The van der Waals surface area contributed by atoms with Crippen molar-refractivity contribution in [3.05, 3.63) is 28.8 Å². The van der Waals surface area contributed by atoms with Crippen LogP contribution < -0.4 is 11.3 Å². The zero-order valence-electron chi connectivity index (χ0n) is 13.3. The average Bonchev–Trinajstić information content (AvgIpc) is 2.25. The molecule has 0 aliphatic heterocycles. The first-order valence-corrected chi connectivity index (χ1v) is 6.82. The molecule has 0 fully saturated rings. The van der Waals surface area contributed by atoms with E-state index in [4.69, 9.17) is 5.84 Å². The number of phenolic OH excluding ortho intramolecular Hbond substituents is 1. The van der Waals surface area contributed by atoms with Crippen LogP contribution in [0.4, 0.5) is 0 Å². The van der Waals surface area contributed by atoms with E-state index < -0.39 is 0 Å². The summed E-state index contributed by atoms with van der Waals surface area (Å²) in [5.74, 6) is 5.96. The molecule has 108 valence electrons. The lowest BCUT2D eigenvalue weighted by atomic mass is 9.78. The van der Waals surface area contributed by atoms with Crippen LogP contribution in [0.1, 0.15) is 71.2 Å². The lowest BCUT2D eigenvalue weighted by Crippen LogP contribution is -2.27. The van der Waals surface area contributed by atoms with E-state index >= 15 is 0 Å². The number of aromatic hydroxyl groups is 1. The van der Waals surface area contributed by atoms with Crippen molar-refractivity contribution >= 4 is 0 Å². The molecular formula is C16H28N2O. The number of hydrogen-bond donors (Lipinski definition) is 3. The van der Waals surface area contributed by atoms with E-state index in [9.17, 15) is 5.11 Å². The van der Waals surface area contributed by atoms with Crippen molar-refractivity contribution in [1.29, 1.82) is 0 Å². The van der Waals surface area contributed by atoms with Gasteiger partial charge in [0.25, 0.3) is 0 Å². The van der Waals surface area contributed by atoms with E-state index in [0.29, 0.717) is 5.75 Å². The summed E-state index contributed by atoms with van der Waals surface area (Å²) in [6.07, 6.45) is 0. The summed E-state index contributed by atoms with van der Waals surface area (Å²) in [5.41, 5.74) is 5.62. The molecule has 0 saturated carbocycles. The van der Waals surface area contributed by atoms with Gasteiger partial charge in [-0.05, 0) is 46.6 Å². The molecule has 0 radical (unpaired) electrons.